The molecule has 0 amide bonds. The Morgan fingerprint density at radius 3 is 2.62 bits per heavy atom. The van der Waals surface area contributed by atoms with Crippen molar-refractivity contribution in [2.24, 2.45) is 0 Å². The number of pyridine rings is 1. The second kappa shape index (κ2) is 7.08. The van der Waals surface area contributed by atoms with Gasteiger partial charge in [-0.3, -0.25) is 4.98 Å². The molecule has 0 saturated carbocycles. The van der Waals surface area contributed by atoms with Gasteiger partial charge in [0.15, 0.2) is 17.2 Å². The topological polar surface area (TPSA) is 95.4 Å². The molecular weight excluding hydrogens is 430 g/mol. The number of aromatic nitrogens is 5. The second-order valence-electron chi connectivity index (χ2n) is 7.98. The van der Waals surface area contributed by atoms with E-state index in [0.29, 0.717) is 45.2 Å². The van der Waals surface area contributed by atoms with Crippen LogP contribution in [0.4, 0.5) is 0 Å². The van der Waals surface area contributed by atoms with Crippen molar-refractivity contribution in [2.75, 3.05) is 0 Å². The van der Waals surface area contributed by atoms with Gasteiger partial charge in [-0.25, -0.2) is 19.3 Å². The third-order valence-electron chi connectivity index (χ3n) is 6.01. The van der Waals surface area contributed by atoms with Crippen molar-refractivity contribution in [1.82, 2.24) is 24.6 Å². The minimum atomic E-state index is -0.544. The Morgan fingerprint density at radius 2 is 1.76 bits per heavy atom. The first-order chi connectivity index (χ1) is 16.8. The number of para-hydroxylation sites is 1. The summed E-state index contributed by atoms with van der Waals surface area (Å²) in [6, 6.07) is 20.8. The van der Waals surface area contributed by atoms with E-state index in [1.54, 1.807) is 29.3 Å². The Bertz CT molecular complexity index is 1760. The summed E-state index contributed by atoms with van der Waals surface area (Å²) < 4.78 is 13.6. The minimum Gasteiger partial charge on any atom is -0.437 e. The number of nitrogens with zero attached hydrogens (tertiary/aromatic N) is 5. The summed E-state index contributed by atoms with van der Waals surface area (Å²) >= 11 is 0. The van der Waals surface area contributed by atoms with Gasteiger partial charge < -0.3 is 9.15 Å². The Hall–Kier alpha value is -4.85. The van der Waals surface area contributed by atoms with E-state index in [4.69, 9.17) is 14.1 Å². The largest absolute Gasteiger partial charge is 0.437 e. The summed E-state index contributed by atoms with van der Waals surface area (Å²) in [6.45, 7) is 0. The molecule has 6 aromatic rings. The highest BCUT2D eigenvalue weighted by atomic mass is 16.5. The van der Waals surface area contributed by atoms with Crippen molar-refractivity contribution in [3.8, 4) is 23.0 Å². The van der Waals surface area contributed by atoms with Crippen molar-refractivity contribution in [1.29, 1.82) is 0 Å². The van der Waals surface area contributed by atoms with Gasteiger partial charge in [0.1, 0.15) is 11.9 Å². The van der Waals surface area contributed by atoms with Crippen molar-refractivity contribution in [2.45, 2.75) is 5.92 Å². The molecule has 7 rings (SSSR count). The van der Waals surface area contributed by atoms with Crippen LogP contribution in [0.25, 0.3) is 28.0 Å². The molecule has 34 heavy (non-hydrogen) atoms. The summed E-state index contributed by atoms with van der Waals surface area (Å²) in [5, 5.41) is 5.32. The second-order valence-corrected chi connectivity index (χ2v) is 7.98. The van der Waals surface area contributed by atoms with Crippen LogP contribution in [0.2, 0.25) is 0 Å². The number of rotatable bonds is 2. The quantitative estimate of drug-likeness (QED) is 0.360. The van der Waals surface area contributed by atoms with Gasteiger partial charge >= 0.3 is 5.63 Å². The Morgan fingerprint density at radius 1 is 0.912 bits per heavy atom. The van der Waals surface area contributed by atoms with E-state index in [1.165, 1.54) is 0 Å². The van der Waals surface area contributed by atoms with Gasteiger partial charge in [-0.05, 0) is 23.8 Å². The van der Waals surface area contributed by atoms with Crippen LogP contribution in [0.5, 0.6) is 11.6 Å². The standard InChI is InChI=1S/C26H15N5O3/c32-26-20-19(16-9-6-12-27-13-16)21-24-29-23(15-7-2-1-3-8-15)30-31(24)14-28-25(21)34-22(20)17-10-4-5-11-18(17)33-26/h1-14,19H. The summed E-state index contributed by atoms with van der Waals surface area (Å²) in [6.07, 6.45) is 5.00. The lowest BCUT2D eigenvalue weighted by Crippen LogP contribution is -2.22. The summed E-state index contributed by atoms with van der Waals surface area (Å²) in [4.78, 5) is 27.0. The molecule has 1 unspecified atom stereocenters. The van der Waals surface area contributed by atoms with Crippen molar-refractivity contribution in [3.63, 3.8) is 0 Å². The molecule has 5 heterocycles. The highest BCUT2D eigenvalue weighted by molar-refractivity contribution is 5.86. The molecule has 162 valence electrons. The van der Waals surface area contributed by atoms with Crippen LogP contribution < -0.4 is 10.4 Å². The Kier molecular flexibility index (Phi) is 3.89. The lowest BCUT2D eigenvalue weighted by molar-refractivity contribution is 0.422. The Labute approximate surface area is 192 Å². The molecule has 0 radical (unpaired) electrons. The molecule has 1 aliphatic heterocycles. The molecule has 4 aromatic heterocycles. The van der Waals surface area contributed by atoms with Crippen LogP contribution in [-0.2, 0) is 0 Å². The van der Waals surface area contributed by atoms with Crippen LogP contribution in [0.3, 0.4) is 0 Å². The van der Waals surface area contributed by atoms with Gasteiger partial charge in [0, 0.05) is 18.0 Å². The molecule has 8 heteroatoms. The predicted molar refractivity (Wildman–Crippen MR) is 124 cm³/mol. The molecular formula is C26H15N5O3. The zero-order chi connectivity index (χ0) is 22.6. The normalized spacial score (nSPS) is 14.5. The third-order valence-corrected chi connectivity index (χ3v) is 6.01. The van der Waals surface area contributed by atoms with E-state index in [1.807, 2.05) is 60.7 Å². The molecule has 2 aromatic carbocycles. The summed E-state index contributed by atoms with van der Waals surface area (Å²) in [5.74, 6) is 0.818. The van der Waals surface area contributed by atoms with Gasteiger partial charge in [-0.1, -0.05) is 48.5 Å². The average Bonchev–Trinajstić information content (AvgIpc) is 3.33. The fourth-order valence-corrected chi connectivity index (χ4v) is 4.52. The molecule has 1 atom stereocenters. The fraction of sp³-hybridized carbons (Fsp3) is 0.0385. The van der Waals surface area contributed by atoms with Gasteiger partial charge in [-0.15, -0.1) is 5.10 Å². The lowest BCUT2D eigenvalue weighted by Gasteiger charge is -2.27. The predicted octanol–water partition coefficient (Wildman–Crippen LogP) is 4.58. The van der Waals surface area contributed by atoms with Gasteiger partial charge in [-0.2, -0.15) is 0 Å². The number of ether oxygens (including phenoxy) is 1. The lowest BCUT2D eigenvalue weighted by atomic mass is 9.85. The monoisotopic (exact) mass is 445 g/mol. The Balaban J connectivity index is 1.56. The smallest absolute Gasteiger partial charge is 0.344 e. The van der Waals surface area contributed by atoms with Crippen LogP contribution in [0.1, 0.15) is 22.6 Å². The van der Waals surface area contributed by atoms with Gasteiger partial charge in [0.05, 0.1) is 22.4 Å². The molecule has 0 bridgehead atoms. The first-order valence-electron chi connectivity index (χ1n) is 10.7. The highest BCUT2D eigenvalue weighted by Gasteiger charge is 2.37. The van der Waals surface area contributed by atoms with Crippen LogP contribution in [-0.4, -0.2) is 24.6 Å². The van der Waals surface area contributed by atoms with E-state index in [2.05, 4.69) is 15.1 Å². The maximum Gasteiger partial charge on any atom is 0.344 e. The van der Waals surface area contributed by atoms with E-state index in [0.717, 1.165) is 11.1 Å². The van der Waals surface area contributed by atoms with E-state index in [9.17, 15) is 4.79 Å². The molecule has 0 N–H and O–H groups in total. The van der Waals surface area contributed by atoms with E-state index >= 15 is 0 Å². The number of benzene rings is 2. The molecule has 0 spiro atoms. The van der Waals surface area contributed by atoms with Crippen LogP contribution in [0, 0.1) is 0 Å². The van der Waals surface area contributed by atoms with E-state index in [-0.39, 0.29) is 0 Å². The van der Waals surface area contributed by atoms with Crippen molar-refractivity contribution < 1.29 is 9.15 Å². The van der Waals surface area contributed by atoms with Crippen LogP contribution in [0.15, 0.2) is 94.7 Å². The molecule has 8 nitrogen and oxygen atoms in total. The molecule has 0 fully saturated rings. The highest BCUT2D eigenvalue weighted by Crippen LogP contribution is 2.48. The third kappa shape index (κ3) is 2.69. The van der Waals surface area contributed by atoms with Gasteiger partial charge in [0.25, 0.3) is 0 Å². The van der Waals surface area contributed by atoms with Crippen LogP contribution >= 0.6 is 0 Å². The van der Waals surface area contributed by atoms with Crippen molar-refractivity contribution in [3.05, 3.63) is 113 Å². The minimum absolute atomic E-state index is 0.372. The first-order valence-corrected chi connectivity index (χ1v) is 10.7. The fourth-order valence-electron chi connectivity index (χ4n) is 4.52. The summed E-state index contributed by atoms with van der Waals surface area (Å²) in [7, 11) is 0. The maximum absolute atomic E-state index is 13.3. The SMILES string of the molecule is O=c1oc2ccccc2c2c1C(c1cccnc1)c1c(ncn3nc(-c4ccccc4)nc13)O2. The molecule has 0 saturated heterocycles. The molecule has 0 aliphatic carbocycles. The number of fused-ring (bicyclic) bond motifs is 6. The summed E-state index contributed by atoms with van der Waals surface area (Å²) in [5.41, 5.74) is 3.23. The molecule has 1 aliphatic rings. The number of hydrogen-bond donors (Lipinski definition) is 0. The zero-order valence-electron chi connectivity index (χ0n) is 17.6. The van der Waals surface area contributed by atoms with Crippen molar-refractivity contribution >= 4 is 16.6 Å². The number of hydrogen-bond acceptors (Lipinski definition) is 7. The maximum atomic E-state index is 13.3. The first kappa shape index (κ1) is 18.7. The average molecular weight is 445 g/mol. The van der Waals surface area contributed by atoms with Gasteiger partial charge in [0.2, 0.25) is 5.88 Å². The van der Waals surface area contributed by atoms with E-state index < -0.39 is 11.5 Å². The zero-order valence-corrected chi connectivity index (χ0v) is 17.6.